The highest BCUT2D eigenvalue weighted by Gasteiger charge is 2.62. The first-order chi connectivity index (χ1) is 8.29. The van der Waals surface area contributed by atoms with Crippen molar-refractivity contribution in [3.63, 3.8) is 0 Å². The van der Waals surface area contributed by atoms with E-state index in [1.807, 2.05) is 0 Å². The van der Waals surface area contributed by atoms with Crippen LogP contribution in [0.4, 0.5) is 0 Å². The van der Waals surface area contributed by atoms with E-state index in [0.29, 0.717) is 19.1 Å². The average molecular weight is 242 g/mol. The largest absolute Gasteiger partial charge is 0.382 e. The van der Waals surface area contributed by atoms with Crippen molar-refractivity contribution >= 4 is 0 Å². The highest BCUT2D eigenvalue weighted by molar-refractivity contribution is 5.04. The van der Waals surface area contributed by atoms with Gasteiger partial charge in [-0.25, -0.2) is 0 Å². The Balaban J connectivity index is 1.71. The zero-order valence-electron chi connectivity index (χ0n) is 10.7. The molecule has 2 aliphatic carbocycles. The third-order valence-electron chi connectivity index (χ3n) is 4.37. The van der Waals surface area contributed by atoms with Crippen molar-refractivity contribution in [3.8, 4) is 0 Å². The van der Waals surface area contributed by atoms with Crippen LogP contribution in [0.3, 0.4) is 0 Å². The van der Waals surface area contributed by atoms with Crippen molar-refractivity contribution in [3.05, 3.63) is 0 Å². The molecule has 0 aromatic carbocycles. The molecule has 0 bridgehead atoms. The molecule has 98 valence electrons. The summed E-state index contributed by atoms with van der Waals surface area (Å²) in [7, 11) is 3.41. The third kappa shape index (κ3) is 2.01. The normalized spacial score (nSPS) is 42.7. The number of ether oxygens (including phenoxy) is 4. The zero-order chi connectivity index (χ0) is 11.9. The molecule has 3 rings (SSSR count). The van der Waals surface area contributed by atoms with E-state index in [-0.39, 0.29) is 18.0 Å². The molecular formula is C13H22O4. The first kappa shape index (κ1) is 11.9. The Labute approximate surface area is 103 Å². The molecule has 0 N–H and O–H groups in total. The molecule has 4 nitrogen and oxygen atoms in total. The van der Waals surface area contributed by atoms with Crippen LogP contribution < -0.4 is 0 Å². The number of fused-ring (bicyclic) bond motifs is 2. The van der Waals surface area contributed by atoms with Gasteiger partial charge in [-0.05, 0) is 25.2 Å². The zero-order valence-corrected chi connectivity index (χ0v) is 10.7. The predicted molar refractivity (Wildman–Crippen MR) is 61.7 cm³/mol. The summed E-state index contributed by atoms with van der Waals surface area (Å²) in [5.74, 6) is 1.15. The van der Waals surface area contributed by atoms with Gasteiger partial charge in [0.05, 0.1) is 13.2 Å². The smallest absolute Gasteiger partial charge is 0.172 e. The Morgan fingerprint density at radius 2 is 1.76 bits per heavy atom. The van der Waals surface area contributed by atoms with Gasteiger partial charge in [0.1, 0.15) is 12.2 Å². The molecule has 4 heteroatoms. The summed E-state index contributed by atoms with van der Waals surface area (Å²) in [5, 5.41) is 0. The fourth-order valence-electron chi connectivity index (χ4n) is 3.50. The number of rotatable bonds is 4. The Hall–Kier alpha value is -0.160. The Bertz CT molecular complexity index is 267. The lowest BCUT2D eigenvalue weighted by Crippen LogP contribution is -2.37. The molecule has 1 spiro atoms. The van der Waals surface area contributed by atoms with Gasteiger partial charge in [-0.2, -0.15) is 0 Å². The van der Waals surface area contributed by atoms with Gasteiger partial charge in [-0.15, -0.1) is 0 Å². The van der Waals surface area contributed by atoms with Gasteiger partial charge < -0.3 is 18.9 Å². The molecule has 0 unspecified atom stereocenters. The lowest BCUT2D eigenvalue weighted by atomic mass is 9.94. The summed E-state index contributed by atoms with van der Waals surface area (Å²) in [6.07, 6.45) is 4.94. The molecule has 0 radical (unpaired) electrons. The minimum absolute atomic E-state index is 0.0271. The van der Waals surface area contributed by atoms with Crippen LogP contribution in [0.1, 0.15) is 25.7 Å². The van der Waals surface area contributed by atoms with E-state index in [1.165, 1.54) is 19.3 Å². The van der Waals surface area contributed by atoms with Gasteiger partial charge in [0, 0.05) is 26.6 Å². The summed E-state index contributed by atoms with van der Waals surface area (Å²) >= 11 is 0. The van der Waals surface area contributed by atoms with Gasteiger partial charge in [-0.1, -0.05) is 0 Å². The van der Waals surface area contributed by atoms with Crippen molar-refractivity contribution in [1.29, 1.82) is 0 Å². The lowest BCUT2D eigenvalue weighted by molar-refractivity contribution is -0.209. The van der Waals surface area contributed by atoms with Crippen molar-refractivity contribution in [2.75, 3.05) is 27.4 Å². The van der Waals surface area contributed by atoms with Crippen LogP contribution in [0.15, 0.2) is 0 Å². The van der Waals surface area contributed by atoms with Gasteiger partial charge in [0.25, 0.3) is 0 Å². The predicted octanol–water partition coefficient (Wildman–Crippen LogP) is 1.58. The molecule has 1 heterocycles. The number of methoxy groups -OCH3 is 2. The van der Waals surface area contributed by atoms with E-state index in [1.54, 1.807) is 14.2 Å². The van der Waals surface area contributed by atoms with Crippen LogP contribution in [0.25, 0.3) is 0 Å². The van der Waals surface area contributed by atoms with Gasteiger partial charge in [0.15, 0.2) is 5.79 Å². The van der Waals surface area contributed by atoms with Gasteiger partial charge >= 0.3 is 0 Å². The minimum Gasteiger partial charge on any atom is -0.382 e. The second-order valence-corrected chi connectivity index (χ2v) is 5.53. The summed E-state index contributed by atoms with van der Waals surface area (Å²) in [6, 6.07) is 0. The standard InChI is InChI=1S/C13H22O4/c1-14-7-11-12(8-15-2)17-13(16-11)5-3-4-9-6-10(9)13/h9-12H,3-8H2,1-2H3/t9-,10+,11+,12+/m1/s1. The molecule has 3 aliphatic rings. The highest BCUT2D eigenvalue weighted by atomic mass is 16.8. The molecule has 3 fully saturated rings. The summed E-state index contributed by atoms with van der Waals surface area (Å²) in [6.45, 7) is 1.18. The van der Waals surface area contributed by atoms with E-state index >= 15 is 0 Å². The summed E-state index contributed by atoms with van der Waals surface area (Å²) < 4.78 is 22.9. The Morgan fingerprint density at radius 3 is 2.35 bits per heavy atom. The molecular weight excluding hydrogens is 220 g/mol. The van der Waals surface area contributed by atoms with Crippen molar-refractivity contribution < 1.29 is 18.9 Å². The molecule has 1 saturated heterocycles. The van der Waals surface area contributed by atoms with E-state index in [0.717, 1.165) is 12.3 Å². The minimum atomic E-state index is -0.310. The van der Waals surface area contributed by atoms with Crippen LogP contribution >= 0.6 is 0 Å². The summed E-state index contributed by atoms with van der Waals surface area (Å²) in [5.41, 5.74) is 0. The fraction of sp³-hybridized carbons (Fsp3) is 1.00. The van der Waals surface area contributed by atoms with Crippen LogP contribution in [0, 0.1) is 11.8 Å². The lowest BCUT2D eigenvalue weighted by Gasteiger charge is -2.32. The van der Waals surface area contributed by atoms with Crippen molar-refractivity contribution in [2.45, 2.75) is 43.7 Å². The molecule has 17 heavy (non-hydrogen) atoms. The van der Waals surface area contributed by atoms with Crippen LogP contribution in [0.5, 0.6) is 0 Å². The van der Waals surface area contributed by atoms with E-state index < -0.39 is 0 Å². The maximum Gasteiger partial charge on any atom is 0.172 e. The van der Waals surface area contributed by atoms with Crippen molar-refractivity contribution in [2.24, 2.45) is 11.8 Å². The molecule has 1 aliphatic heterocycles. The highest BCUT2D eigenvalue weighted by Crippen LogP contribution is 2.59. The average Bonchev–Trinajstić information content (AvgIpc) is 3.03. The third-order valence-corrected chi connectivity index (χ3v) is 4.37. The van der Waals surface area contributed by atoms with Crippen LogP contribution in [-0.4, -0.2) is 45.4 Å². The second-order valence-electron chi connectivity index (χ2n) is 5.53. The molecule has 4 atom stereocenters. The molecule has 0 amide bonds. The number of hydrogen-bond acceptors (Lipinski definition) is 4. The van der Waals surface area contributed by atoms with Gasteiger partial charge in [0.2, 0.25) is 0 Å². The van der Waals surface area contributed by atoms with E-state index in [9.17, 15) is 0 Å². The van der Waals surface area contributed by atoms with Crippen LogP contribution in [-0.2, 0) is 18.9 Å². The van der Waals surface area contributed by atoms with E-state index in [2.05, 4.69) is 0 Å². The van der Waals surface area contributed by atoms with Crippen molar-refractivity contribution in [1.82, 2.24) is 0 Å². The Kier molecular flexibility index (Phi) is 3.15. The van der Waals surface area contributed by atoms with Gasteiger partial charge in [-0.3, -0.25) is 0 Å². The molecule has 2 saturated carbocycles. The maximum absolute atomic E-state index is 6.22. The number of hydrogen-bond donors (Lipinski definition) is 0. The Morgan fingerprint density at radius 1 is 1.12 bits per heavy atom. The molecule has 0 aromatic rings. The van der Waals surface area contributed by atoms with Crippen LogP contribution in [0.2, 0.25) is 0 Å². The monoisotopic (exact) mass is 242 g/mol. The molecule has 0 aromatic heterocycles. The first-order valence-electron chi connectivity index (χ1n) is 6.62. The maximum atomic E-state index is 6.22. The SMILES string of the molecule is COC[C@@H]1OC2(CCC[C@@H]3C[C@@H]32)O[C@H]1COC. The summed E-state index contributed by atoms with van der Waals surface area (Å²) in [4.78, 5) is 0. The fourth-order valence-corrected chi connectivity index (χ4v) is 3.50. The second kappa shape index (κ2) is 4.50. The first-order valence-corrected chi connectivity index (χ1v) is 6.62. The topological polar surface area (TPSA) is 36.9 Å². The van der Waals surface area contributed by atoms with E-state index in [4.69, 9.17) is 18.9 Å². The quantitative estimate of drug-likeness (QED) is 0.750.